The lowest BCUT2D eigenvalue weighted by Gasteiger charge is -2.18. The van der Waals surface area contributed by atoms with Crippen molar-refractivity contribution in [2.75, 3.05) is 32.9 Å². The second kappa shape index (κ2) is 5.64. The minimum Gasteiger partial charge on any atom is -0.394 e. The maximum atomic E-state index is 8.51. The van der Waals surface area contributed by atoms with E-state index in [1.54, 1.807) is 0 Å². The Morgan fingerprint density at radius 3 is 2.87 bits per heavy atom. The van der Waals surface area contributed by atoms with E-state index in [4.69, 9.17) is 9.84 Å². The highest BCUT2D eigenvalue weighted by atomic mass is 16.5. The van der Waals surface area contributed by atoms with Gasteiger partial charge >= 0.3 is 0 Å². The van der Waals surface area contributed by atoms with Gasteiger partial charge in [-0.15, -0.1) is 0 Å². The van der Waals surface area contributed by atoms with Gasteiger partial charge < -0.3 is 15.2 Å². The number of aliphatic hydroxyl groups is 1. The standard InChI is InChI=1S/C12H21NO2/c14-4-6-15-5-3-13-9-12-8-10-1-2-11(12)7-10/h1-2,10-14H,3-9H2/t10-,11+,12-/m0/s1. The first kappa shape index (κ1) is 11.1. The summed E-state index contributed by atoms with van der Waals surface area (Å²) in [6.45, 7) is 3.30. The number of hydrogen-bond donors (Lipinski definition) is 2. The molecule has 2 N–H and O–H groups in total. The van der Waals surface area contributed by atoms with Crippen molar-refractivity contribution in [3.05, 3.63) is 12.2 Å². The van der Waals surface area contributed by atoms with E-state index in [9.17, 15) is 0 Å². The van der Waals surface area contributed by atoms with Crippen molar-refractivity contribution in [3.8, 4) is 0 Å². The summed E-state index contributed by atoms with van der Waals surface area (Å²) < 4.78 is 5.18. The number of allylic oxidation sites excluding steroid dienone is 2. The van der Waals surface area contributed by atoms with E-state index in [2.05, 4.69) is 17.5 Å². The van der Waals surface area contributed by atoms with Gasteiger partial charge in [-0.3, -0.25) is 0 Å². The van der Waals surface area contributed by atoms with Crippen molar-refractivity contribution in [3.63, 3.8) is 0 Å². The van der Waals surface area contributed by atoms with Gasteiger partial charge in [-0.05, 0) is 37.1 Å². The summed E-state index contributed by atoms with van der Waals surface area (Å²) in [6, 6.07) is 0. The van der Waals surface area contributed by atoms with Crippen LogP contribution in [0.4, 0.5) is 0 Å². The van der Waals surface area contributed by atoms with Gasteiger partial charge in [0.1, 0.15) is 0 Å². The first-order valence-electron chi connectivity index (χ1n) is 5.98. The lowest BCUT2D eigenvalue weighted by molar-refractivity contribution is 0.0933. The molecule has 2 bridgehead atoms. The zero-order valence-electron chi connectivity index (χ0n) is 9.19. The van der Waals surface area contributed by atoms with E-state index in [-0.39, 0.29) is 6.61 Å². The molecule has 0 spiro atoms. The van der Waals surface area contributed by atoms with Crippen LogP contribution in [0.2, 0.25) is 0 Å². The summed E-state index contributed by atoms with van der Waals surface area (Å²) in [5, 5.41) is 11.9. The van der Waals surface area contributed by atoms with Crippen molar-refractivity contribution in [2.45, 2.75) is 12.8 Å². The third-order valence-electron chi connectivity index (χ3n) is 3.48. The van der Waals surface area contributed by atoms with Crippen LogP contribution in [0.25, 0.3) is 0 Å². The fourth-order valence-electron chi connectivity index (χ4n) is 2.73. The highest BCUT2D eigenvalue weighted by molar-refractivity contribution is 5.10. The lowest BCUT2D eigenvalue weighted by Crippen LogP contribution is -2.28. The van der Waals surface area contributed by atoms with Crippen LogP contribution >= 0.6 is 0 Å². The summed E-state index contributed by atoms with van der Waals surface area (Å²) in [4.78, 5) is 0. The number of fused-ring (bicyclic) bond motifs is 2. The van der Waals surface area contributed by atoms with Crippen LogP contribution < -0.4 is 5.32 Å². The van der Waals surface area contributed by atoms with E-state index in [0.717, 1.165) is 30.8 Å². The van der Waals surface area contributed by atoms with Crippen LogP contribution in [-0.2, 0) is 4.74 Å². The molecule has 0 unspecified atom stereocenters. The van der Waals surface area contributed by atoms with E-state index >= 15 is 0 Å². The van der Waals surface area contributed by atoms with Gasteiger partial charge in [0.15, 0.2) is 0 Å². The van der Waals surface area contributed by atoms with Gasteiger partial charge in [-0.2, -0.15) is 0 Å². The summed E-state index contributed by atoms with van der Waals surface area (Å²) in [5.41, 5.74) is 0. The zero-order chi connectivity index (χ0) is 10.5. The Bertz CT molecular complexity index is 218. The van der Waals surface area contributed by atoms with Crippen molar-refractivity contribution < 1.29 is 9.84 Å². The summed E-state index contributed by atoms with van der Waals surface area (Å²) >= 11 is 0. The number of aliphatic hydroxyl groups excluding tert-OH is 1. The first-order chi connectivity index (χ1) is 7.40. The molecule has 0 aliphatic heterocycles. The minimum absolute atomic E-state index is 0.122. The van der Waals surface area contributed by atoms with Gasteiger partial charge in [0, 0.05) is 6.54 Å². The van der Waals surface area contributed by atoms with Crippen LogP contribution in [0.3, 0.4) is 0 Å². The highest BCUT2D eigenvalue weighted by Gasteiger charge is 2.34. The molecular weight excluding hydrogens is 190 g/mol. The monoisotopic (exact) mass is 211 g/mol. The number of ether oxygens (including phenoxy) is 1. The number of nitrogens with one attached hydrogen (secondary N) is 1. The Hall–Kier alpha value is -0.380. The molecule has 0 saturated heterocycles. The molecule has 0 aromatic rings. The van der Waals surface area contributed by atoms with Gasteiger partial charge in [-0.1, -0.05) is 12.2 Å². The highest BCUT2D eigenvalue weighted by Crippen LogP contribution is 2.42. The molecule has 2 rings (SSSR count). The van der Waals surface area contributed by atoms with Crippen LogP contribution in [-0.4, -0.2) is 38.0 Å². The molecule has 2 aliphatic carbocycles. The largest absolute Gasteiger partial charge is 0.394 e. The molecule has 0 amide bonds. The van der Waals surface area contributed by atoms with E-state index < -0.39 is 0 Å². The molecule has 3 heteroatoms. The SMILES string of the molecule is OCCOCCNC[C@@H]1C[C@H]2C=C[C@@H]1C2. The second-order valence-corrected chi connectivity index (χ2v) is 4.58. The molecule has 86 valence electrons. The van der Waals surface area contributed by atoms with Crippen LogP contribution in [0, 0.1) is 17.8 Å². The first-order valence-corrected chi connectivity index (χ1v) is 5.98. The van der Waals surface area contributed by atoms with Gasteiger partial charge in [0.2, 0.25) is 0 Å². The van der Waals surface area contributed by atoms with Crippen molar-refractivity contribution in [2.24, 2.45) is 17.8 Å². The lowest BCUT2D eigenvalue weighted by atomic mass is 9.94. The maximum absolute atomic E-state index is 8.51. The molecule has 15 heavy (non-hydrogen) atoms. The smallest absolute Gasteiger partial charge is 0.0698 e. The topological polar surface area (TPSA) is 41.5 Å². The summed E-state index contributed by atoms with van der Waals surface area (Å²) in [7, 11) is 0. The van der Waals surface area contributed by atoms with E-state index in [1.807, 2.05) is 0 Å². The van der Waals surface area contributed by atoms with Crippen LogP contribution in [0.15, 0.2) is 12.2 Å². The predicted molar refractivity (Wildman–Crippen MR) is 59.6 cm³/mol. The molecule has 3 nitrogen and oxygen atoms in total. The van der Waals surface area contributed by atoms with Crippen molar-refractivity contribution in [1.29, 1.82) is 0 Å². The third kappa shape index (κ3) is 3.03. The number of rotatable bonds is 7. The normalized spacial score (nSPS) is 32.7. The molecule has 0 aromatic heterocycles. The second-order valence-electron chi connectivity index (χ2n) is 4.58. The number of hydrogen-bond acceptors (Lipinski definition) is 3. The van der Waals surface area contributed by atoms with Gasteiger partial charge in [0.25, 0.3) is 0 Å². The van der Waals surface area contributed by atoms with Crippen molar-refractivity contribution in [1.82, 2.24) is 5.32 Å². The maximum Gasteiger partial charge on any atom is 0.0698 e. The van der Waals surface area contributed by atoms with E-state index in [1.165, 1.54) is 12.8 Å². The van der Waals surface area contributed by atoms with Gasteiger partial charge in [-0.25, -0.2) is 0 Å². The Morgan fingerprint density at radius 1 is 1.27 bits per heavy atom. The van der Waals surface area contributed by atoms with Gasteiger partial charge in [0.05, 0.1) is 19.8 Å². The average Bonchev–Trinajstić information content (AvgIpc) is 2.85. The molecule has 0 radical (unpaired) electrons. The van der Waals surface area contributed by atoms with Crippen molar-refractivity contribution >= 4 is 0 Å². The molecule has 2 aliphatic rings. The minimum atomic E-state index is 0.122. The average molecular weight is 211 g/mol. The predicted octanol–water partition coefficient (Wildman–Crippen LogP) is 0.797. The molecule has 1 fully saturated rings. The summed E-state index contributed by atoms with van der Waals surface area (Å²) in [5.74, 6) is 2.55. The Balaban J connectivity index is 1.50. The molecule has 0 aromatic carbocycles. The molecule has 0 heterocycles. The Morgan fingerprint density at radius 2 is 2.20 bits per heavy atom. The fraction of sp³-hybridized carbons (Fsp3) is 0.833. The zero-order valence-corrected chi connectivity index (χ0v) is 9.19. The molecule has 1 saturated carbocycles. The Labute approximate surface area is 91.5 Å². The van der Waals surface area contributed by atoms with E-state index in [0.29, 0.717) is 13.2 Å². The fourth-order valence-corrected chi connectivity index (χ4v) is 2.73. The van der Waals surface area contributed by atoms with Crippen LogP contribution in [0.5, 0.6) is 0 Å². The quantitative estimate of drug-likeness (QED) is 0.483. The molecule has 3 atom stereocenters. The Kier molecular flexibility index (Phi) is 4.18. The van der Waals surface area contributed by atoms with Crippen LogP contribution in [0.1, 0.15) is 12.8 Å². The molecular formula is C12H21NO2. The summed E-state index contributed by atoms with van der Waals surface area (Å²) in [6.07, 6.45) is 7.52. The third-order valence-corrected chi connectivity index (χ3v) is 3.48.